The predicted molar refractivity (Wildman–Crippen MR) is 105 cm³/mol. The second-order valence-corrected chi connectivity index (χ2v) is 7.33. The Morgan fingerprint density at radius 2 is 1.59 bits per heavy atom. The molecule has 0 aromatic heterocycles. The van der Waals surface area contributed by atoms with E-state index in [1.807, 2.05) is 0 Å². The summed E-state index contributed by atoms with van der Waals surface area (Å²) in [5, 5.41) is 7.06. The zero-order chi connectivity index (χ0) is 19.4. The van der Waals surface area contributed by atoms with Gasteiger partial charge in [-0.3, -0.25) is 9.35 Å². The molecule has 0 unspecified atom stereocenters. The third-order valence-electron chi connectivity index (χ3n) is 4.06. The van der Waals surface area contributed by atoms with Gasteiger partial charge in [-0.05, 0) is 36.4 Å². The summed E-state index contributed by atoms with van der Waals surface area (Å²) in [7, 11) is -4.31. The molecule has 3 rings (SSSR count). The van der Waals surface area contributed by atoms with Gasteiger partial charge in [0.05, 0.1) is 0 Å². The first kappa shape index (κ1) is 18.7. The van der Waals surface area contributed by atoms with E-state index in [4.69, 9.17) is 5.73 Å². The molecule has 1 amide bonds. The van der Waals surface area contributed by atoms with Crippen molar-refractivity contribution in [2.75, 3.05) is 24.1 Å². The third-order valence-corrected chi connectivity index (χ3v) is 4.97. The van der Waals surface area contributed by atoms with Crippen LogP contribution in [0.1, 0.15) is 10.4 Å². The smallest absolute Gasteiger partial charge is 0.295 e. The molecule has 27 heavy (non-hydrogen) atoms. The van der Waals surface area contributed by atoms with Crippen LogP contribution in [0.25, 0.3) is 10.8 Å². The van der Waals surface area contributed by atoms with Gasteiger partial charge >= 0.3 is 0 Å². The Kier molecular flexibility index (Phi) is 5.29. The molecule has 0 spiro atoms. The number of carbonyl (C=O) groups is 1. The summed E-state index contributed by atoms with van der Waals surface area (Å²) in [6, 6.07) is 16.5. The van der Waals surface area contributed by atoms with E-state index in [0.717, 1.165) is 0 Å². The molecule has 0 aliphatic rings. The van der Waals surface area contributed by atoms with E-state index in [0.29, 0.717) is 40.8 Å². The molecule has 0 aliphatic heterocycles. The predicted octanol–water partition coefficient (Wildman–Crippen LogP) is 2.51. The van der Waals surface area contributed by atoms with Gasteiger partial charge in [-0.15, -0.1) is 0 Å². The van der Waals surface area contributed by atoms with Crippen LogP contribution < -0.4 is 16.4 Å². The van der Waals surface area contributed by atoms with Crippen LogP contribution in [0.2, 0.25) is 0 Å². The van der Waals surface area contributed by atoms with Crippen molar-refractivity contribution >= 4 is 38.2 Å². The number of hydrogen-bond acceptors (Lipinski definition) is 5. The zero-order valence-electron chi connectivity index (χ0n) is 14.3. The first-order valence-electron chi connectivity index (χ1n) is 8.23. The fraction of sp³-hybridized carbons (Fsp3) is 0.105. The number of anilines is 2. The van der Waals surface area contributed by atoms with Gasteiger partial charge in [0.2, 0.25) is 0 Å². The van der Waals surface area contributed by atoms with Crippen LogP contribution in [-0.4, -0.2) is 32.0 Å². The van der Waals surface area contributed by atoms with Crippen molar-refractivity contribution < 1.29 is 17.8 Å². The lowest BCUT2D eigenvalue weighted by Gasteiger charge is -2.12. The van der Waals surface area contributed by atoms with Crippen molar-refractivity contribution in [1.29, 1.82) is 0 Å². The van der Waals surface area contributed by atoms with Crippen LogP contribution in [0.4, 0.5) is 11.4 Å². The molecule has 0 saturated heterocycles. The number of nitrogen functional groups attached to an aromatic ring is 1. The highest BCUT2D eigenvalue weighted by Gasteiger charge is 2.14. The van der Waals surface area contributed by atoms with E-state index in [1.165, 1.54) is 6.07 Å². The topological polar surface area (TPSA) is 122 Å². The molecule has 3 aromatic carbocycles. The first-order valence-corrected chi connectivity index (χ1v) is 9.67. The van der Waals surface area contributed by atoms with Crippen LogP contribution in [0.15, 0.2) is 65.6 Å². The van der Waals surface area contributed by atoms with Crippen LogP contribution in [0.5, 0.6) is 0 Å². The molecule has 7 nitrogen and oxygen atoms in total. The van der Waals surface area contributed by atoms with Gasteiger partial charge in [0.1, 0.15) is 4.90 Å². The van der Waals surface area contributed by atoms with Gasteiger partial charge in [0.15, 0.2) is 0 Å². The average Bonchev–Trinajstić information content (AvgIpc) is 2.64. The van der Waals surface area contributed by atoms with Crippen LogP contribution in [0.3, 0.4) is 0 Å². The summed E-state index contributed by atoms with van der Waals surface area (Å²) in [6.07, 6.45) is 0. The fourth-order valence-corrected chi connectivity index (χ4v) is 3.48. The standard InChI is InChI=1S/C19H19N3O4S/c20-14-9-7-13(8-10-14)19(23)22-12-11-21-17-5-1-4-16-15(17)3-2-6-18(16)27(24,25)26/h1-10,21H,11-12,20H2,(H,22,23)(H,24,25,26). The van der Waals surface area contributed by atoms with Crippen LogP contribution >= 0.6 is 0 Å². The Morgan fingerprint density at radius 3 is 2.30 bits per heavy atom. The summed E-state index contributed by atoms with van der Waals surface area (Å²) in [5.74, 6) is -0.205. The van der Waals surface area contributed by atoms with Gasteiger partial charge in [-0.25, -0.2) is 0 Å². The summed E-state index contributed by atoms with van der Waals surface area (Å²) in [4.78, 5) is 11.9. The molecular weight excluding hydrogens is 366 g/mol. The lowest BCUT2D eigenvalue weighted by Crippen LogP contribution is -2.28. The van der Waals surface area contributed by atoms with Gasteiger partial charge in [-0.2, -0.15) is 8.42 Å². The molecule has 0 heterocycles. The number of carbonyl (C=O) groups excluding carboxylic acids is 1. The number of fused-ring (bicyclic) bond motifs is 1. The van der Waals surface area contributed by atoms with E-state index >= 15 is 0 Å². The minimum Gasteiger partial charge on any atom is -0.399 e. The normalized spacial score (nSPS) is 11.3. The highest BCUT2D eigenvalue weighted by molar-refractivity contribution is 7.86. The number of hydrogen-bond donors (Lipinski definition) is 4. The highest BCUT2D eigenvalue weighted by Crippen LogP contribution is 2.28. The monoisotopic (exact) mass is 385 g/mol. The summed E-state index contributed by atoms with van der Waals surface area (Å²) < 4.78 is 32.4. The van der Waals surface area contributed by atoms with E-state index in [2.05, 4.69) is 10.6 Å². The Bertz CT molecular complexity index is 1080. The van der Waals surface area contributed by atoms with Gasteiger partial charge in [-0.1, -0.05) is 24.3 Å². The number of rotatable bonds is 6. The summed E-state index contributed by atoms with van der Waals surface area (Å²) in [5.41, 5.74) is 7.42. The molecule has 5 N–H and O–H groups in total. The lowest BCUT2D eigenvalue weighted by atomic mass is 10.1. The van der Waals surface area contributed by atoms with E-state index < -0.39 is 10.1 Å². The van der Waals surface area contributed by atoms with Crippen LogP contribution in [0, 0.1) is 0 Å². The zero-order valence-corrected chi connectivity index (χ0v) is 15.2. The Labute approximate surface area is 156 Å². The molecule has 0 atom stereocenters. The number of amides is 1. The number of nitrogens with one attached hydrogen (secondary N) is 2. The van der Waals surface area contributed by atoms with Crippen molar-refractivity contribution in [1.82, 2.24) is 5.32 Å². The molecule has 0 fully saturated rings. The molecule has 0 radical (unpaired) electrons. The average molecular weight is 385 g/mol. The molecule has 140 valence electrons. The SMILES string of the molecule is Nc1ccc(C(=O)NCCNc2cccc3c(S(=O)(=O)O)cccc23)cc1. The van der Waals surface area contributed by atoms with Crippen molar-refractivity contribution in [2.24, 2.45) is 0 Å². The minimum absolute atomic E-state index is 0.139. The maximum Gasteiger partial charge on any atom is 0.295 e. The Balaban J connectivity index is 1.67. The quantitative estimate of drug-likeness (QED) is 0.294. The van der Waals surface area contributed by atoms with Crippen molar-refractivity contribution in [3.8, 4) is 0 Å². The third kappa shape index (κ3) is 4.36. The van der Waals surface area contributed by atoms with E-state index in [9.17, 15) is 17.8 Å². The summed E-state index contributed by atoms with van der Waals surface area (Å²) >= 11 is 0. The highest BCUT2D eigenvalue weighted by atomic mass is 32.2. The molecule has 0 aliphatic carbocycles. The van der Waals surface area contributed by atoms with Gasteiger partial charge in [0, 0.05) is 40.8 Å². The second kappa shape index (κ2) is 7.65. The van der Waals surface area contributed by atoms with Crippen molar-refractivity contribution in [3.63, 3.8) is 0 Å². The van der Waals surface area contributed by atoms with Crippen molar-refractivity contribution in [2.45, 2.75) is 4.90 Å². The lowest BCUT2D eigenvalue weighted by molar-refractivity contribution is 0.0955. The molecule has 0 bridgehead atoms. The molecule has 3 aromatic rings. The first-order chi connectivity index (χ1) is 12.9. The maximum atomic E-state index is 12.1. The maximum absolute atomic E-state index is 12.1. The van der Waals surface area contributed by atoms with E-state index in [-0.39, 0.29) is 10.8 Å². The van der Waals surface area contributed by atoms with Gasteiger partial charge in [0.25, 0.3) is 16.0 Å². The minimum atomic E-state index is -4.31. The van der Waals surface area contributed by atoms with Crippen molar-refractivity contribution in [3.05, 3.63) is 66.2 Å². The summed E-state index contributed by atoms with van der Waals surface area (Å²) in [6.45, 7) is 0.813. The van der Waals surface area contributed by atoms with E-state index in [1.54, 1.807) is 54.6 Å². The molecule has 8 heteroatoms. The van der Waals surface area contributed by atoms with Crippen LogP contribution in [-0.2, 0) is 10.1 Å². The largest absolute Gasteiger partial charge is 0.399 e. The Morgan fingerprint density at radius 1 is 0.926 bits per heavy atom. The van der Waals surface area contributed by atoms with Gasteiger partial charge < -0.3 is 16.4 Å². The number of benzene rings is 3. The fourth-order valence-electron chi connectivity index (χ4n) is 2.77. The Hall–Kier alpha value is -3.10. The molecule has 0 saturated carbocycles. The second-order valence-electron chi connectivity index (χ2n) is 5.94. The number of nitrogens with two attached hydrogens (primary N) is 1. The molecular formula is C19H19N3O4S.